The Labute approximate surface area is 121 Å². The van der Waals surface area contributed by atoms with Crippen LogP contribution in [0.1, 0.15) is 32.1 Å². The predicted molar refractivity (Wildman–Crippen MR) is 77.2 cm³/mol. The van der Waals surface area contributed by atoms with Crippen LogP contribution in [0.5, 0.6) is 0 Å². The molecule has 0 aromatic heterocycles. The number of hydrogen-bond acceptors (Lipinski definition) is 4. The van der Waals surface area contributed by atoms with Crippen molar-refractivity contribution in [3.63, 3.8) is 0 Å². The normalized spacial score (nSPS) is 26.6. The fraction of sp³-hybridized carbons (Fsp3) is 0.929. The molecule has 0 aromatic carbocycles. The summed E-state index contributed by atoms with van der Waals surface area (Å²) in [5.74, 6) is 0.329. The first kappa shape index (κ1) is 14.3. The Balaban J connectivity index is 1.50. The summed E-state index contributed by atoms with van der Waals surface area (Å²) in [7, 11) is -2.99. The van der Waals surface area contributed by atoms with Crippen molar-refractivity contribution in [2.75, 3.05) is 38.2 Å². The van der Waals surface area contributed by atoms with E-state index in [1.807, 2.05) is 4.90 Å². The second kappa shape index (κ2) is 4.98. The van der Waals surface area contributed by atoms with E-state index in [9.17, 15) is 13.2 Å². The molecule has 0 unspecified atom stereocenters. The summed E-state index contributed by atoms with van der Waals surface area (Å²) in [5, 5.41) is 0. The monoisotopic (exact) mass is 300 g/mol. The number of carbonyl (C=O) groups excluding carboxylic acids is 1. The largest absolute Gasteiger partial charge is 0.340 e. The van der Waals surface area contributed by atoms with E-state index in [4.69, 9.17) is 0 Å². The fourth-order valence-corrected chi connectivity index (χ4v) is 4.82. The number of rotatable bonds is 5. The highest BCUT2D eigenvalue weighted by Gasteiger charge is 2.47. The van der Waals surface area contributed by atoms with Gasteiger partial charge < -0.3 is 4.90 Å². The lowest BCUT2D eigenvalue weighted by molar-refractivity contribution is -0.134. The summed E-state index contributed by atoms with van der Waals surface area (Å²) in [4.78, 5) is 16.8. The van der Waals surface area contributed by atoms with Crippen molar-refractivity contribution in [1.29, 1.82) is 0 Å². The van der Waals surface area contributed by atoms with Crippen molar-refractivity contribution in [2.24, 2.45) is 5.41 Å². The zero-order valence-corrected chi connectivity index (χ0v) is 13.0. The standard InChI is InChI=1S/C14H24N2O3S/c1-20(18,19)11-14(4-5-14)10-13(17)16-8-6-15(7-9-16)12-2-3-12/h12H,2-11H2,1H3. The van der Waals surface area contributed by atoms with E-state index >= 15 is 0 Å². The smallest absolute Gasteiger partial charge is 0.223 e. The van der Waals surface area contributed by atoms with Crippen LogP contribution in [0.15, 0.2) is 0 Å². The third kappa shape index (κ3) is 3.52. The van der Waals surface area contributed by atoms with Crippen LogP contribution in [-0.4, -0.2) is 68.4 Å². The number of carbonyl (C=O) groups is 1. The van der Waals surface area contributed by atoms with E-state index in [1.54, 1.807) is 0 Å². The Bertz CT molecular complexity index is 487. The van der Waals surface area contributed by atoms with Crippen LogP contribution in [0.3, 0.4) is 0 Å². The lowest BCUT2D eigenvalue weighted by atomic mass is 10.0. The molecule has 20 heavy (non-hydrogen) atoms. The van der Waals surface area contributed by atoms with Gasteiger partial charge in [-0.05, 0) is 31.1 Å². The Morgan fingerprint density at radius 2 is 1.75 bits per heavy atom. The zero-order valence-electron chi connectivity index (χ0n) is 12.2. The number of sulfone groups is 1. The molecule has 3 aliphatic rings. The van der Waals surface area contributed by atoms with Gasteiger partial charge in [0.1, 0.15) is 9.84 Å². The molecule has 0 spiro atoms. The van der Waals surface area contributed by atoms with Gasteiger partial charge in [0.2, 0.25) is 5.91 Å². The van der Waals surface area contributed by atoms with Gasteiger partial charge in [-0.3, -0.25) is 9.69 Å². The highest BCUT2D eigenvalue weighted by Crippen LogP contribution is 2.50. The first-order valence-corrected chi connectivity index (χ1v) is 9.63. The van der Waals surface area contributed by atoms with E-state index in [1.165, 1.54) is 19.1 Å². The zero-order chi connectivity index (χ0) is 14.4. The van der Waals surface area contributed by atoms with Crippen LogP contribution in [0.4, 0.5) is 0 Å². The van der Waals surface area contributed by atoms with Gasteiger partial charge in [-0.15, -0.1) is 0 Å². The second-order valence-corrected chi connectivity index (χ2v) is 9.03. The highest BCUT2D eigenvalue weighted by molar-refractivity contribution is 7.90. The lowest BCUT2D eigenvalue weighted by Gasteiger charge is -2.35. The molecule has 5 nitrogen and oxygen atoms in total. The minimum Gasteiger partial charge on any atom is -0.340 e. The minimum absolute atomic E-state index is 0.154. The molecule has 3 rings (SSSR count). The Morgan fingerprint density at radius 3 is 2.20 bits per heavy atom. The first-order valence-electron chi connectivity index (χ1n) is 7.57. The van der Waals surface area contributed by atoms with Crippen molar-refractivity contribution < 1.29 is 13.2 Å². The van der Waals surface area contributed by atoms with E-state index in [0.717, 1.165) is 45.1 Å². The van der Waals surface area contributed by atoms with Crippen LogP contribution in [0, 0.1) is 5.41 Å². The molecule has 1 heterocycles. The Morgan fingerprint density at radius 1 is 1.15 bits per heavy atom. The Hall–Kier alpha value is -0.620. The molecule has 0 radical (unpaired) electrons. The summed E-state index contributed by atoms with van der Waals surface area (Å²) < 4.78 is 22.9. The third-order valence-electron chi connectivity index (χ3n) is 4.78. The first-order chi connectivity index (χ1) is 9.37. The van der Waals surface area contributed by atoms with Gasteiger partial charge in [0, 0.05) is 44.9 Å². The quantitative estimate of drug-likeness (QED) is 0.742. The van der Waals surface area contributed by atoms with Crippen molar-refractivity contribution in [2.45, 2.75) is 38.1 Å². The molecule has 1 saturated heterocycles. The highest BCUT2D eigenvalue weighted by atomic mass is 32.2. The van der Waals surface area contributed by atoms with E-state index in [2.05, 4.69) is 4.90 Å². The molecular formula is C14H24N2O3S. The van der Waals surface area contributed by atoms with Gasteiger partial charge in [0.15, 0.2) is 0 Å². The summed E-state index contributed by atoms with van der Waals surface area (Å²) in [5.41, 5.74) is -0.238. The fourth-order valence-electron chi connectivity index (χ4n) is 3.31. The molecule has 114 valence electrons. The van der Waals surface area contributed by atoms with Crippen LogP contribution in [-0.2, 0) is 14.6 Å². The van der Waals surface area contributed by atoms with E-state index < -0.39 is 9.84 Å². The maximum atomic E-state index is 12.3. The van der Waals surface area contributed by atoms with E-state index in [-0.39, 0.29) is 17.1 Å². The Kier molecular flexibility index (Phi) is 3.57. The van der Waals surface area contributed by atoms with Gasteiger partial charge in [0.05, 0.1) is 5.75 Å². The molecule has 1 amide bonds. The van der Waals surface area contributed by atoms with Crippen LogP contribution in [0.2, 0.25) is 0 Å². The van der Waals surface area contributed by atoms with Crippen LogP contribution >= 0.6 is 0 Å². The molecule has 2 saturated carbocycles. The van der Waals surface area contributed by atoms with Crippen molar-refractivity contribution in [1.82, 2.24) is 9.80 Å². The summed E-state index contributed by atoms with van der Waals surface area (Å²) in [6.45, 7) is 3.58. The lowest BCUT2D eigenvalue weighted by Crippen LogP contribution is -2.49. The molecule has 0 N–H and O–H groups in total. The van der Waals surface area contributed by atoms with Crippen molar-refractivity contribution in [3.8, 4) is 0 Å². The number of nitrogens with zero attached hydrogens (tertiary/aromatic N) is 2. The van der Waals surface area contributed by atoms with Crippen molar-refractivity contribution >= 4 is 15.7 Å². The molecule has 3 fully saturated rings. The van der Waals surface area contributed by atoms with Gasteiger partial charge >= 0.3 is 0 Å². The molecule has 1 aliphatic heterocycles. The summed E-state index contributed by atoms with van der Waals surface area (Å²) >= 11 is 0. The maximum absolute atomic E-state index is 12.3. The number of hydrogen-bond donors (Lipinski definition) is 0. The SMILES string of the molecule is CS(=O)(=O)CC1(CC(=O)N2CCN(C3CC3)CC2)CC1. The third-order valence-corrected chi connectivity index (χ3v) is 5.92. The van der Waals surface area contributed by atoms with E-state index in [0.29, 0.717) is 6.42 Å². The van der Waals surface area contributed by atoms with Gasteiger partial charge in [-0.1, -0.05) is 0 Å². The average molecular weight is 300 g/mol. The predicted octanol–water partition coefficient (Wildman–Crippen LogP) is 0.508. The topological polar surface area (TPSA) is 57.7 Å². The minimum atomic E-state index is -2.99. The van der Waals surface area contributed by atoms with Crippen molar-refractivity contribution in [3.05, 3.63) is 0 Å². The molecule has 0 bridgehead atoms. The van der Waals surface area contributed by atoms with Gasteiger partial charge in [0.25, 0.3) is 0 Å². The molecule has 0 aromatic rings. The second-order valence-electron chi connectivity index (χ2n) is 6.89. The summed E-state index contributed by atoms with van der Waals surface area (Å²) in [6.07, 6.45) is 6.08. The average Bonchev–Trinajstić information content (AvgIpc) is 3.23. The van der Waals surface area contributed by atoms with Gasteiger partial charge in [-0.2, -0.15) is 0 Å². The van der Waals surface area contributed by atoms with Crippen LogP contribution in [0.25, 0.3) is 0 Å². The number of piperazine rings is 1. The van der Waals surface area contributed by atoms with Gasteiger partial charge in [-0.25, -0.2) is 8.42 Å². The molecular weight excluding hydrogens is 276 g/mol. The summed E-state index contributed by atoms with van der Waals surface area (Å²) in [6, 6.07) is 0.771. The number of amides is 1. The van der Waals surface area contributed by atoms with Crippen LogP contribution < -0.4 is 0 Å². The maximum Gasteiger partial charge on any atom is 0.223 e. The molecule has 6 heteroatoms. The molecule has 2 aliphatic carbocycles. The molecule has 0 atom stereocenters.